The summed E-state index contributed by atoms with van der Waals surface area (Å²) in [6, 6.07) is 10.6. The van der Waals surface area contributed by atoms with Gasteiger partial charge in [-0.3, -0.25) is 9.59 Å². The number of amides is 2. The lowest BCUT2D eigenvalue weighted by molar-refractivity contribution is -0.137. The van der Waals surface area contributed by atoms with Gasteiger partial charge in [0.15, 0.2) is 0 Å². The first kappa shape index (κ1) is 23.5. The van der Waals surface area contributed by atoms with E-state index in [1.807, 2.05) is 0 Å². The highest BCUT2D eigenvalue weighted by Crippen LogP contribution is 2.29. The van der Waals surface area contributed by atoms with Gasteiger partial charge in [0.25, 0.3) is 5.91 Å². The van der Waals surface area contributed by atoms with E-state index in [9.17, 15) is 22.8 Å². The van der Waals surface area contributed by atoms with Crippen molar-refractivity contribution in [3.63, 3.8) is 0 Å². The molecule has 0 aliphatic rings. The summed E-state index contributed by atoms with van der Waals surface area (Å²) in [6.07, 6.45) is -4.22. The Morgan fingerprint density at radius 2 is 1.61 bits per heavy atom. The van der Waals surface area contributed by atoms with Gasteiger partial charge in [-0.25, -0.2) is 0 Å². The molecule has 9 heteroatoms. The van der Waals surface area contributed by atoms with E-state index in [1.165, 1.54) is 0 Å². The molecule has 0 radical (unpaired) electrons. The summed E-state index contributed by atoms with van der Waals surface area (Å²) in [6.45, 7) is 1.94. The fourth-order valence-corrected chi connectivity index (χ4v) is 2.31. The van der Waals surface area contributed by atoms with Crippen LogP contribution < -0.4 is 16.4 Å². The van der Waals surface area contributed by atoms with Gasteiger partial charge in [0.2, 0.25) is 5.91 Å². The fourth-order valence-electron chi connectivity index (χ4n) is 2.31. The Kier molecular flexibility index (Phi) is 8.46. The Labute approximate surface area is 166 Å². The molecule has 0 saturated carbocycles. The molecule has 0 saturated heterocycles. The van der Waals surface area contributed by atoms with Crippen LogP contribution in [0.4, 0.5) is 18.9 Å². The highest BCUT2D eigenvalue weighted by atomic mass is 35.5. The number of benzene rings is 2. The van der Waals surface area contributed by atoms with Crippen molar-refractivity contribution >= 4 is 29.9 Å². The van der Waals surface area contributed by atoms with Crippen LogP contribution in [-0.4, -0.2) is 17.9 Å². The van der Waals surface area contributed by atoms with Crippen LogP contribution >= 0.6 is 12.4 Å². The Morgan fingerprint density at radius 1 is 1.04 bits per heavy atom. The van der Waals surface area contributed by atoms with E-state index in [0.29, 0.717) is 5.69 Å². The van der Waals surface area contributed by atoms with Crippen molar-refractivity contribution in [2.45, 2.75) is 32.1 Å². The molecule has 0 fully saturated rings. The average Bonchev–Trinajstić information content (AvgIpc) is 2.59. The quantitative estimate of drug-likeness (QED) is 0.672. The van der Waals surface area contributed by atoms with E-state index < -0.39 is 17.6 Å². The molecule has 5 nitrogen and oxygen atoms in total. The van der Waals surface area contributed by atoms with Gasteiger partial charge < -0.3 is 16.4 Å². The van der Waals surface area contributed by atoms with E-state index in [2.05, 4.69) is 10.6 Å². The van der Waals surface area contributed by atoms with E-state index in [0.717, 1.165) is 29.8 Å². The molecule has 152 valence electrons. The fraction of sp³-hybridized carbons (Fsp3) is 0.263. The Morgan fingerprint density at radius 3 is 2.11 bits per heavy atom. The number of halogens is 4. The molecule has 28 heavy (non-hydrogen) atoms. The summed E-state index contributed by atoms with van der Waals surface area (Å²) in [5.74, 6) is -0.661. The average molecular weight is 416 g/mol. The van der Waals surface area contributed by atoms with Gasteiger partial charge in [-0.05, 0) is 48.9 Å². The lowest BCUT2D eigenvalue weighted by Gasteiger charge is -2.10. The molecule has 0 spiro atoms. The van der Waals surface area contributed by atoms with Gasteiger partial charge in [-0.1, -0.05) is 12.1 Å². The number of anilines is 1. The maximum absolute atomic E-state index is 12.5. The summed E-state index contributed by atoms with van der Waals surface area (Å²) >= 11 is 0. The van der Waals surface area contributed by atoms with Gasteiger partial charge in [0.05, 0.1) is 5.56 Å². The number of hydrogen-bond acceptors (Lipinski definition) is 3. The summed E-state index contributed by atoms with van der Waals surface area (Å²) in [7, 11) is 0. The molecule has 2 amide bonds. The van der Waals surface area contributed by atoms with Crippen LogP contribution in [0.2, 0.25) is 0 Å². The third-order valence-corrected chi connectivity index (χ3v) is 3.67. The Hall–Kier alpha value is -2.58. The first-order valence-electron chi connectivity index (χ1n) is 8.25. The van der Waals surface area contributed by atoms with Crippen molar-refractivity contribution in [2.24, 2.45) is 5.73 Å². The van der Waals surface area contributed by atoms with Crippen LogP contribution in [0, 0.1) is 0 Å². The molecule has 2 aromatic rings. The predicted octanol–water partition coefficient (Wildman–Crippen LogP) is 3.73. The van der Waals surface area contributed by atoms with Crippen LogP contribution in [0.25, 0.3) is 0 Å². The minimum Gasteiger partial charge on any atom is -0.348 e. The molecule has 0 aliphatic heterocycles. The summed E-state index contributed by atoms with van der Waals surface area (Å²) in [5, 5.41) is 5.35. The number of alkyl halides is 3. The van der Waals surface area contributed by atoms with Crippen LogP contribution in [0.1, 0.15) is 34.8 Å². The molecule has 2 aromatic carbocycles. The summed E-state index contributed by atoms with van der Waals surface area (Å²) in [4.78, 5) is 23.7. The number of carbonyl (C=O) groups is 2. The molecule has 0 bridgehead atoms. The van der Waals surface area contributed by atoms with Crippen molar-refractivity contribution in [1.29, 1.82) is 0 Å². The Balaban J connectivity index is 0.00000392. The van der Waals surface area contributed by atoms with Gasteiger partial charge >= 0.3 is 6.18 Å². The second-order valence-electron chi connectivity index (χ2n) is 6.18. The minimum absolute atomic E-state index is 0. The number of nitrogens with two attached hydrogens (primary N) is 1. The van der Waals surface area contributed by atoms with E-state index in [4.69, 9.17) is 5.73 Å². The summed E-state index contributed by atoms with van der Waals surface area (Å²) < 4.78 is 37.6. The molecule has 1 unspecified atom stereocenters. The SMILES string of the molecule is CC(N)CC(=O)Nc1ccc(CNC(=O)c2ccc(C(F)(F)F)cc2)cc1.Cl. The van der Waals surface area contributed by atoms with Crippen molar-refractivity contribution < 1.29 is 22.8 Å². The van der Waals surface area contributed by atoms with Crippen molar-refractivity contribution in [3.05, 3.63) is 65.2 Å². The maximum atomic E-state index is 12.5. The molecule has 0 heterocycles. The van der Waals surface area contributed by atoms with Crippen LogP contribution in [0.15, 0.2) is 48.5 Å². The molecule has 0 aromatic heterocycles. The van der Waals surface area contributed by atoms with Crippen molar-refractivity contribution in [1.82, 2.24) is 5.32 Å². The van der Waals surface area contributed by atoms with Crippen LogP contribution in [0.5, 0.6) is 0 Å². The van der Waals surface area contributed by atoms with E-state index in [-0.39, 0.29) is 42.9 Å². The summed E-state index contributed by atoms with van der Waals surface area (Å²) in [5.41, 5.74) is 6.28. The van der Waals surface area contributed by atoms with Gasteiger partial charge in [0.1, 0.15) is 0 Å². The zero-order valence-corrected chi connectivity index (χ0v) is 15.9. The van der Waals surface area contributed by atoms with Gasteiger partial charge in [-0.15, -0.1) is 12.4 Å². The molecule has 1 atom stereocenters. The number of nitrogens with one attached hydrogen (secondary N) is 2. The third-order valence-electron chi connectivity index (χ3n) is 3.67. The van der Waals surface area contributed by atoms with E-state index in [1.54, 1.807) is 31.2 Å². The molecule has 0 aliphatic carbocycles. The zero-order valence-electron chi connectivity index (χ0n) is 15.0. The standard InChI is InChI=1S/C19H20F3N3O2.ClH/c1-12(23)10-17(26)25-16-8-2-13(3-9-16)11-24-18(27)14-4-6-15(7-5-14)19(20,21)22;/h2-9,12H,10-11,23H2,1H3,(H,24,27)(H,25,26);1H. The monoisotopic (exact) mass is 415 g/mol. The molecular formula is C19H21ClF3N3O2. The van der Waals surface area contributed by atoms with E-state index >= 15 is 0 Å². The number of rotatable bonds is 6. The van der Waals surface area contributed by atoms with Crippen LogP contribution in [0.3, 0.4) is 0 Å². The molecule has 2 rings (SSSR count). The highest BCUT2D eigenvalue weighted by Gasteiger charge is 2.30. The third kappa shape index (κ3) is 7.21. The first-order chi connectivity index (χ1) is 12.6. The molecular weight excluding hydrogens is 395 g/mol. The number of hydrogen-bond donors (Lipinski definition) is 3. The maximum Gasteiger partial charge on any atom is 0.416 e. The largest absolute Gasteiger partial charge is 0.416 e. The number of carbonyl (C=O) groups excluding carboxylic acids is 2. The van der Waals surface area contributed by atoms with Crippen molar-refractivity contribution in [2.75, 3.05) is 5.32 Å². The second kappa shape index (κ2) is 10.1. The first-order valence-corrected chi connectivity index (χ1v) is 8.25. The topological polar surface area (TPSA) is 84.2 Å². The predicted molar refractivity (Wildman–Crippen MR) is 103 cm³/mol. The normalized spacial score (nSPS) is 11.9. The van der Waals surface area contributed by atoms with Gasteiger partial charge in [0, 0.05) is 30.3 Å². The minimum atomic E-state index is -4.44. The Bertz CT molecular complexity index is 792. The lowest BCUT2D eigenvalue weighted by atomic mass is 10.1. The zero-order chi connectivity index (χ0) is 20.0. The van der Waals surface area contributed by atoms with Crippen molar-refractivity contribution in [3.8, 4) is 0 Å². The second-order valence-corrected chi connectivity index (χ2v) is 6.18. The molecule has 4 N–H and O–H groups in total. The lowest BCUT2D eigenvalue weighted by Crippen LogP contribution is -2.24. The highest BCUT2D eigenvalue weighted by molar-refractivity contribution is 5.94. The smallest absolute Gasteiger partial charge is 0.348 e. The van der Waals surface area contributed by atoms with Crippen LogP contribution in [-0.2, 0) is 17.5 Å². The van der Waals surface area contributed by atoms with Gasteiger partial charge in [-0.2, -0.15) is 13.2 Å².